The van der Waals surface area contributed by atoms with Crippen molar-refractivity contribution in [1.29, 1.82) is 0 Å². The summed E-state index contributed by atoms with van der Waals surface area (Å²) in [6.07, 6.45) is 1.79. The number of carboxylic acid groups (broad SMARTS) is 1. The molecule has 0 radical (unpaired) electrons. The highest BCUT2D eigenvalue weighted by molar-refractivity contribution is 5.77. The third kappa shape index (κ3) is 4.54. The average molecular weight is 635 g/mol. The van der Waals surface area contributed by atoms with Crippen LogP contribution in [-0.2, 0) is 14.3 Å². The second kappa shape index (κ2) is 10.7. The van der Waals surface area contributed by atoms with E-state index in [1.54, 1.807) is 0 Å². The minimum atomic E-state index is -1.47. The molecule has 45 heavy (non-hydrogen) atoms. The Bertz CT molecular complexity index is 1210. The molecule has 0 unspecified atom stereocenters. The molecule has 1 heterocycles. The summed E-state index contributed by atoms with van der Waals surface area (Å²) in [6.45, 7) is 15.6. The highest BCUT2D eigenvalue weighted by atomic mass is 16.7. The molecule has 256 valence electrons. The summed E-state index contributed by atoms with van der Waals surface area (Å²) in [4.78, 5) is 13.0. The summed E-state index contributed by atoms with van der Waals surface area (Å²) in [5.41, 5.74) is -0.571. The molecule has 0 amide bonds. The second-order valence-electron chi connectivity index (χ2n) is 18.0. The van der Waals surface area contributed by atoms with Gasteiger partial charge in [0.05, 0.1) is 18.8 Å². The fourth-order valence-electron chi connectivity index (χ4n) is 12.3. The zero-order valence-electron chi connectivity index (χ0n) is 28.3. The minimum absolute atomic E-state index is 0.0210. The lowest BCUT2D eigenvalue weighted by atomic mass is 9.33. The second-order valence-corrected chi connectivity index (χ2v) is 18.0. The molecule has 0 bridgehead atoms. The zero-order chi connectivity index (χ0) is 33.1. The number of aliphatic carboxylic acids is 1. The molecule has 0 aromatic rings. The van der Waals surface area contributed by atoms with E-state index in [0.29, 0.717) is 24.7 Å². The van der Waals surface area contributed by atoms with Crippen LogP contribution >= 0.6 is 0 Å². The van der Waals surface area contributed by atoms with Gasteiger partial charge in [-0.3, -0.25) is 4.79 Å². The Kier molecular flexibility index (Phi) is 8.05. The Hall–Kier alpha value is -1.07. The van der Waals surface area contributed by atoms with Crippen molar-refractivity contribution in [3.8, 4) is 0 Å². The lowest BCUT2D eigenvalue weighted by Gasteiger charge is -2.71. The molecule has 5 fully saturated rings. The number of hydrogen-bond acceptors (Lipinski definition) is 8. The van der Waals surface area contributed by atoms with Crippen LogP contribution in [0.1, 0.15) is 106 Å². The van der Waals surface area contributed by atoms with Crippen molar-refractivity contribution in [1.82, 2.24) is 0 Å². The Morgan fingerprint density at radius 3 is 2.22 bits per heavy atom. The summed E-state index contributed by atoms with van der Waals surface area (Å²) in [7, 11) is 0. The molecule has 9 nitrogen and oxygen atoms in total. The first-order valence-corrected chi connectivity index (χ1v) is 17.4. The Labute approximate surface area is 268 Å². The topological polar surface area (TPSA) is 157 Å². The SMILES string of the molecule is CC1(C)CC[C@]2(C(=O)O)[C@@H](O)C[C@@]3(C)C(=CC[C@H]4[C@]5(C)CC[C@@H](O[C@H]6O[C@@H](CO)[C@H](O)[C@@H](O)[C@@H]6O)C(C)(C)[C@@H]5CC[C@]43C)[C@@H]2C1. The van der Waals surface area contributed by atoms with Gasteiger partial charge in [0.15, 0.2) is 6.29 Å². The fraction of sp³-hybridized carbons (Fsp3) is 0.917. The fourth-order valence-corrected chi connectivity index (χ4v) is 12.3. The van der Waals surface area contributed by atoms with Gasteiger partial charge in [0.1, 0.15) is 29.8 Å². The van der Waals surface area contributed by atoms with Crippen molar-refractivity contribution in [3.05, 3.63) is 11.6 Å². The summed E-state index contributed by atoms with van der Waals surface area (Å²) in [5, 5.41) is 63.5. The maximum Gasteiger partial charge on any atom is 0.312 e. The van der Waals surface area contributed by atoms with Gasteiger partial charge in [0.2, 0.25) is 0 Å². The number of fused-ring (bicyclic) bond motifs is 7. The highest BCUT2D eigenvalue weighted by Crippen LogP contribution is 2.76. The van der Waals surface area contributed by atoms with E-state index in [-0.39, 0.29) is 39.1 Å². The van der Waals surface area contributed by atoms with Crippen molar-refractivity contribution < 1.29 is 44.9 Å². The molecule has 4 saturated carbocycles. The van der Waals surface area contributed by atoms with E-state index < -0.39 is 54.8 Å². The lowest BCUT2D eigenvalue weighted by Crippen LogP contribution is -2.68. The number of allylic oxidation sites excluding steroid dienone is 2. The van der Waals surface area contributed by atoms with E-state index in [0.717, 1.165) is 44.9 Å². The minimum Gasteiger partial charge on any atom is -0.481 e. The Morgan fingerprint density at radius 1 is 0.889 bits per heavy atom. The number of aliphatic hydroxyl groups excluding tert-OH is 5. The van der Waals surface area contributed by atoms with Crippen molar-refractivity contribution in [2.75, 3.05) is 6.61 Å². The van der Waals surface area contributed by atoms with E-state index >= 15 is 0 Å². The van der Waals surface area contributed by atoms with Crippen LogP contribution in [0, 0.1) is 50.2 Å². The van der Waals surface area contributed by atoms with Gasteiger partial charge in [-0.05, 0) is 103 Å². The van der Waals surface area contributed by atoms with E-state index in [9.17, 15) is 35.4 Å². The molecule has 6 aliphatic rings. The van der Waals surface area contributed by atoms with Crippen LogP contribution in [0.3, 0.4) is 0 Å². The predicted octanol–water partition coefficient (Wildman–Crippen LogP) is 4.03. The van der Waals surface area contributed by atoms with Gasteiger partial charge in [-0.15, -0.1) is 0 Å². The van der Waals surface area contributed by atoms with Crippen LogP contribution in [0.5, 0.6) is 0 Å². The molecule has 9 heteroatoms. The van der Waals surface area contributed by atoms with Crippen LogP contribution in [0.2, 0.25) is 0 Å². The molecular weight excluding hydrogens is 576 g/mol. The standard InChI is InChI=1S/C36H58O9/c1-31(2)14-15-36(30(42)43)20(16-31)19-8-9-23-33(5)12-11-25(45-29-28(41)27(40)26(39)21(18-37)44-29)32(3,4)22(33)10-13-34(23,6)35(19,7)17-24(36)38/h8,20-29,37-41H,9-18H2,1-7H3,(H,42,43)/t20-,21-,22-,23-,24-,25+,26-,27+,28-,29+,33+,34+,35-,36+/m0/s1. The van der Waals surface area contributed by atoms with Crippen LogP contribution in [0.4, 0.5) is 0 Å². The summed E-state index contributed by atoms with van der Waals surface area (Å²) < 4.78 is 12.2. The van der Waals surface area contributed by atoms with Gasteiger partial charge in [-0.1, -0.05) is 60.1 Å². The molecule has 1 aliphatic heterocycles. The van der Waals surface area contributed by atoms with E-state index in [4.69, 9.17) is 9.47 Å². The van der Waals surface area contributed by atoms with Crippen molar-refractivity contribution in [3.63, 3.8) is 0 Å². The van der Waals surface area contributed by atoms with Gasteiger partial charge in [0.25, 0.3) is 0 Å². The molecule has 1 saturated heterocycles. The number of rotatable bonds is 4. The first-order chi connectivity index (χ1) is 20.8. The zero-order valence-corrected chi connectivity index (χ0v) is 28.3. The van der Waals surface area contributed by atoms with E-state index in [1.165, 1.54) is 5.57 Å². The third-order valence-electron chi connectivity index (χ3n) is 15.2. The summed E-state index contributed by atoms with van der Waals surface area (Å²) in [6, 6.07) is 0. The summed E-state index contributed by atoms with van der Waals surface area (Å²) in [5.74, 6) is -0.382. The monoisotopic (exact) mass is 634 g/mol. The van der Waals surface area contributed by atoms with E-state index in [2.05, 4.69) is 54.5 Å². The van der Waals surface area contributed by atoms with Gasteiger partial charge >= 0.3 is 5.97 Å². The molecular formula is C36H58O9. The Morgan fingerprint density at radius 2 is 1.58 bits per heavy atom. The normalized spacial score (nSPS) is 53.6. The highest BCUT2D eigenvalue weighted by Gasteiger charge is 2.71. The van der Waals surface area contributed by atoms with Crippen LogP contribution in [0.15, 0.2) is 11.6 Å². The molecule has 0 aromatic carbocycles. The van der Waals surface area contributed by atoms with Gasteiger partial charge < -0.3 is 40.1 Å². The number of aliphatic hydroxyl groups is 5. The quantitative estimate of drug-likeness (QED) is 0.199. The van der Waals surface area contributed by atoms with Gasteiger partial charge in [-0.2, -0.15) is 0 Å². The van der Waals surface area contributed by atoms with Crippen molar-refractivity contribution >= 4 is 5.97 Å². The smallest absolute Gasteiger partial charge is 0.312 e. The van der Waals surface area contributed by atoms with Crippen molar-refractivity contribution in [2.24, 2.45) is 50.2 Å². The average Bonchev–Trinajstić information content (AvgIpc) is 2.94. The number of carbonyl (C=O) groups is 1. The third-order valence-corrected chi connectivity index (χ3v) is 15.2. The maximum absolute atomic E-state index is 13.0. The van der Waals surface area contributed by atoms with Gasteiger partial charge in [-0.25, -0.2) is 0 Å². The molecule has 6 N–H and O–H groups in total. The molecule has 14 atom stereocenters. The number of ether oxygens (including phenoxy) is 2. The summed E-state index contributed by atoms with van der Waals surface area (Å²) >= 11 is 0. The maximum atomic E-state index is 13.0. The predicted molar refractivity (Wildman–Crippen MR) is 167 cm³/mol. The van der Waals surface area contributed by atoms with Gasteiger partial charge in [0, 0.05) is 0 Å². The number of carboxylic acids is 1. The lowest BCUT2D eigenvalue weighted by molar-refractivity contribution is -0.330. The first kappa shape index (κ1) is 33.8. The van der Waals surface area contributed by atoms with Crippen molar-refractivity contribution in [2.45, 2.75) is 149 Å². The first-order valence-electron chi connectivity index (χ1n) is 17.4. The van der Waals surface area contributed by atoms with E-state index in [1.807, 2.05) is 0 Å². The largest absolute Gasteiger partial charge is 0.481 e. The van der Waals surface area contributed by atoms with Crippen LogP contribution in [0.25, 0.3) is 0 Å². The van der Waals surface area contributed by atoms with Crippen LogP contribution < -0.4 is 0 Å². The molecule has 0 spiro atoms. The Balaban J connectivity index is 1.31. The molecule has 6 rings (SSSR count). The molecule has 5 aliphatic carbocycles. The van der Waals surface area contributed by atoms with Crippen LogP contribution in [-0.4, -0.2) is 86.1 Å². The number of hydrogen-bond donors (Lipinski definition) is 6. The molecule has 0 aromatic heterocycles.